The van der Waals surface area contributed by atoms with Crippen molar-refractivity contribution in [2.75, 3.05) is 25.0 Å². The Kier molecular flexibility index (Phi) is 4.36. The highest BCUT2D eigenvalue weighted by atomic mass is 16.4. The molecule has 1 aliphatic carbocycles. The first-order valence-electron chi connectivity index (χ1n) is 6.53. The molecule has 1 saturated carbocycles. The zero-order valence-corrected chi connectivity index (χ0v) is 10.6. The molecular formula is C12H22N4O. The topological polar surface area (TPSA) is 68.2 Å². The van der Waals surface area contributed by atoms with E-state index in [0.29, 0.717) is 24.9 Å². The van der Waals surface area contributed by atoms with Gasteiger partial charge in [-0.25, -0.2) is 0 Å². The second-order valence-corrected chi connectivity index (χ2v) is 4.90. The molecule has 1 fully saturated rings. The SMILES string of the molecule is CN(CC1CCCCC1)c1nnc(CCN)o1. The Morgan fingerprint density at radius 1 is 1.29 bits per heavy atom. The molecule has 96 valence electrons. The molecule has 17 heavy (non-hydrogen) atoms. The van der Waals surface area contributed by atoms with E-state index in [1.807, 2.05) is 7.05 Å². The average molecular weight is 238 g/mol. The maximum absolute atomic E-state index is 5.55. The summed E-state index contributed by atoms with van der Waals surface area (Å²) in [5.74, 6) is 1.41. The highest BCUT2D eigenvalue weighted by molar-refractivity contribution is 5.22. The summed E-state index contributed by atoms with van der Waals surface area (Å²) in [6.45, 7) is 1.57. The van der Waals surface area contributed by atoms with Crippen LogP contribution in [0, 0.1) is 5.92 Å². The van der Waals surface area contributed by atoms with Crippen molar-refractivity contribution in [1.29, 1.82) is 0 Å². The molecule has 1 aliphatic rings. The summed E-state index contributed by atoms with van der Waals surface area (Å²) in [7, 11) is 2.02. The van der Waals surface area contributed by atoms with Gasteiger partial charge in [0, 0.05) is 26.6 Å². The molecule has 0 spiro atoms. The molecule has 0 unspecified atom stereocenters. The minimum Gasteiger partial charge on any atom is -0.408 e. The summed E-state index contributed by atoms with van der Waals surface area (Å²) in [5.41, 5.74) is 5.45. The molecular weight excluding hydrogens is 216 g/mol. The van der Waals surface area contributed by atoms with Gasteiger partial charge in [-0.15, -0.1) is 5.10 Å². The standard InChI is InChI=1S/C12H22N4O/c1-16(9-10-5-3-2-4-6-10)12-15-14-11(17-12)7-8-13/h10H,2-9,13H2,1H3. The van der Waals surface area contributed by atoms with Crippen LogP contribution in [0.1, 0.15) is 38.0 Å². The van der Waals surface area contributed by atoms with Crippen molar-refractivity contribution in [2.24, 2.45) is 11.7 Å². The van der Waals surface area contributed by atoms with Gasteiger partial charge in [0.15, 0.2) is 0 Å². The van der Waals surface area contributed by atoms with Crippen molar-refractivity contribution in [3.8, 4) is 0 Å². The quantitative estimate of drug-likeness (QED) is 0.843. The van der Waals surface area contributed by atoms with E-state index in [0.717, 1.165) is 12.5 Å². The summed E-state index contributed by atoms with van der Waals surface area (Å²) >= 11 is 0. The van der Waals surface area contributed by atoms with E-state index < -0.39 is 0 Å². The lowest BCUT2D eigenvalue weighted by Gasteiger charge is -2.25. The number of nitrogens with two attached hydrogens (primary N) is 1. The number of rotatable bonds is 5. The zero-order valence-electron chi connectivity index (χ0n) is 10.6. The third-order valence-electron chi connectivity index (χ3n) is 3.40. The van der Waals surface area contributed by atoms with Crippen molar-refractivity contribution < 1.29 is 4.42 Å². The molecule has 0 aromatic carbocycles. The zero-order chi connectivity index (χ0) is 12.1. The number of anilines is 1. The van der Waals surface area contributed by atoms with E-state index in [4.69, 9.17) is 10.2 Å². The third kappa shape index (κ3) is 3.43. The molecule has 1 aromatic heterocycles. The number of nitrogens with zero attached hydrogens (tertiary/aromatic N) is 3. The van der Waals surface area contributed by atoms with E-state index in [-0.39, 0.29) is 0 Å². The van der Waals surface area contributed by atoms with Crippen molar-refractivity contribution in [3.63, 3.8) is 0 Å². The molecule has 2 rings (SSSR count). The van der Waals surface area contributed by atoms with Gasteiger partial charge in [0.1, 0.15) is 0 Å². The fraction of sp³-hybridized carbons (Fsp3) is 0.833. The number of aromatic nitrogens is 2. The van der Waals surface area contributed by atoms with Gasteiger partial charge in [0.2, 0.25) is 5.89 Å². The van der Waals surface area contributed by atoms with E-state index in [9.17, 15) is 0 Å². The molecule has 1 aromatic rings. The van der Waals surface area contributed by atoms with Crippen molar-refractivity contribution >= 4 is 6.01 Å². The van der Waals surface area contributed by atoms with Gasteiger partial charge in [0.05, 0.1) is 0 Å². The first kappa shape index (κ1) is 12.4. The van der Waals surface area contributed by atoms with Gasteiger partial charge in [0.25, 0.3) is 0 Å². The van der Waals surface area contributed by atoms with Crippen LogP contribution in [-0.2, 0) is 6.42 Å². The van der Waals surface area contributed by atoms with Gasteiger partial charge < -0.3 is 15.1 Å². The Hall–Kier alpha value is -1.10. The van der Waals surface area contributed by atoms with Crippen LogP contribution in [0.15, 0.2) is 4.42 Å². The smallest absolute Gasteiger partial charge is 0.317 e. The van der Waals surface area contributed by atoms with E-state index >= 15 is 0 Å². The highest BCUT2D eigenvalue weighted by Gasteiger charge is 2.18. The predicted octanol–water partition coefficient (Wildman–Crippen LogP) is 1.59. The van der Waals surface area contributed by atoms with Gasteiger partial charge in [-0.05, 0) is 18.8 Å². The Morgan fingerprint density at radius 3 is 2.76 bits per heavy atom. The van der Waals surface area contributed by atoms with E-state index in [1.165, 1.54) is 32.1 Å². The molecule has 0 radical (unpaired) electrons. The van der Waals surface area contributed by atoms with Gasteiger partial charge in [-0.2, -0.15) is 0 Å². The van der Waals surface area contributed by atoms with Gasteiger partial charge in [-0.3, -0.25) is 0 Å². The van der Waals surface area contributed by atoms with Crippen LogP contribution >= 0.6 is 0 Å². The summed E-state index contributed by atoms with van der Waals surface area (Å²) in [5, 5.41) is 8.04. The van der Waals surface area contributed by atoms with Crippen LogP contribution in [0.2, 0.25) is 0 Å². The van der Waals surface area contributed by atoms with E-state index in [2.05, 4.69) is 15.1 Å². The minimum atomic E-state index is 0.550. The molecule has 5 heteroatoms. The summed E-state index contributed by atoms with van der Waals surface area (Å²) in [6, 6.07) is 0.624. The predicted molar refractivity (Wildman–Crippen MR) is 66.9 cm³/mol. The normalized spacial score (nSPS) is 17.3. The molecule has 5 nitrogen and oxygen atoms in total. The maximum atomic E-state index is 5.55. The van der Waals surface area contributed by atoms with Crippen molar-refractivity contribution in [2.45, 2.75) is 38.5 Å². The highest BCUT2D eigenvalue weighted by Crippen LogP contribution is 2.25. The Morgan fingerprint density at radius 2 is 2.06 bits per heavy atom. The lowest BCUT2D eigenvalue weighted by atomic mass is 9.89. The second kappa shape index (κ2) is 6.00. The lowest BCUT2D eigenvalue weighted by molar-refractivity contribution is 0.355. The number of hydrogen-bond acceptors (Lipinski definition) is 5. The molecule has 0 aliphatic heterocycles. The maximum Gasteiger partial charge on any atom is 0.317 e. The fourth-order valence-corrected chi connectivity index (χ4v) is 2.46. The third-order valence-corrected chi connectivity index (χ3v) is 3.40. The Labute approximate surface area is 102 Å². The first-order chi connectivity index (χ1) is 8.29. The molecule has 0 saturated heterocycles. The second-order valence-electron chi connectivity index (χ2n) is 4.90. The van der Waals surface area contributed by atoms with Crippen LogP contribution < -0.4 is 10.6 Å². The molecule has 0 atom stereocenters. The van der Waals surface area contributed by atoms with Crippen LogP contribution in [0.5, 0.6) is 0 Å². The number of hydrogen-bond donors (Lipinski definition) is 1. The van der Waals surface area contributed by atoms with Crippen molar-refractivity contribution in [3.05, 3.63) is 5.89 Å². The fourth-order valence-electron chi connectivity index (χ4n) is 2.46. The summed E-state index contributed by atoms with van der Waals surface area (Å²) in [4.78, 5) is 2.07. The Bertz CT molecular complexity index is 333. The minimum absolute atomic E-state index is 0.550. The molecule has 2 N–H and O–H groups in total. The molecule has 0 amide bonds. The Balaban J connectivity index is 1.86. The van der Waals surface area contributed by atoms with Crippen LogP contribution in [-0.4, -0.2) is 30.3 Å². The largest absolute Gasteiger partial charge is 0.408 e. The average Bonchev–Trinajstić information content (AvgIpc) is 2.79. The van der Waals surface area contributed by atoms with Crippen LogP contribution in [0.25, 0.3) is 0 Å². The lowest BCUT2D eigenvalue weighted by Crippen LogP contribution is -2.27. The van der Waals surface area contributed by atoms with Crippen molar-refractivity contribution in [1.82, 2.24) is 10.2 Å². The van der Waals surface area contributed by atoms with E-state index in [1.54, 1.807) is 0 Å². The molecule has 0 bridgehead atoms. The van der Waals surface area contributed by atoms with Gasteiger partial charge >= 0.3 is 6.01 Å². The van der Waals surface area contributed by atoms with Crippen LogP contribution in [0.4, 0.5) is 6.01 Å². The van der Waals surface area contributed by atoms with Crippen LogP contribution in [0.3, 0.4) is 0 Å². The first-order valence-corrected chi connectivity index (χ1v) is 6.53. The molecule has 1 heterocycles. The summed E-state index contributed by atoms with van der Waals surface area (Å²) < 4.78 is 5.55. The monoisotopic (exact) mass is 238 g/mol. The van der Waals surface area contributed by atoms with Gasteiger partial charge in [-0.1, -0.05) is 24.4 Å². The summed E-state index contributed by atoms with van der Waals surface area (Å²) in [6.07, 6.45) is 7.43.